The quantitative estimate of drug-likeness (QED) is 0.829. The van der Waals surface area contributed by atoms with Crippen molar-refractivity contribution in [3.63, 3.8) is 0 Å². The fourth-order valence-corrected chi connectivity index (χ4v) is 2.72. The van der Waals surface area contributed by atoms with Crippen LogP contribution in [0.4, 0.5) is 22.7 Å². The first-order valence-corrected chi connectivity index (χ1v) is 6.78. The molecule has 21 heavy (non-hydrogen) atoms. The van der Waals surface area contributed by atoms with Crippen LogP contribution in [-0.4, -0.2) is 31.2 Å². The van der Waals surface area contributed by atoms with Crippen molar-refractivity contribution in [2.45, 2.75) is 0 Å². The van der Waals surface area contributed by atoms with Crippen LogP contribution in [0.1, 0.15) is 10.4 Å². The Morgan fingerprint density at radius 2 is 1.81 bits per heavy atom. The number of fused-ring (bicyclic) bond motifs is 1. The van der Waals surface area contributed by atoms with E-state index in [1.54, 1.807) is 12.1 Å². The van der Waals surface area contributed by atoms with Gasteiger partial charge in [-0.3, -0.25) is 0 Å². The number of benzene rings is 2. The van der Waals surface area contributed by atoms with Crippen molar-refractivity contribution in [2.24, 2.45) is 0 Å². The summed E-state index contributed by atoms with van der Waals surface area (Å²) in [6.45, 7) is 1.57. The molecule has 0 amide bonds. The minimum atomic E-state index is -0.964. The lowest BCUT2D eigenvalue weighted by atomic mass is 10.1. The molecule has 0 radical (unpaired) electrons. The third-order valence-corrected chi connectivity index (χ3v) is 3.78. The third-order valence-electron chi connectivity index (χ3n) is 3.78. The maximum absolute atomic E-state index is 11.5. The molecule has 0 fully saturated rings. The Morgan fingerprint density at radius 3 is 2.52 bits per heavy atom. The van der Waals surface area contributed by atoms with Crippen LogP contribution in [0.5, 0.6) is 0 Å². The number of aromatic carboxylic acids is 1. The van der Waals surface area contributed by atoms with E-state index in [1.165, 1.54) is 6.07 Å². The van der Waals surface area contributed by atoms with Gasteiger partial charge >= 0.3 is 5.97 Å². The van der Waals surface area contributed by atoms with Crippen LogP contribution in [0.3, 0.4) is 0 Å². The molecule has 1 aliphatic heterocycles. The van der Waals surface area contributed by atoms with Gasteiger partial charge in [0.15, 0.2) is 0 Å². The summed E-state index contributed by atoms with van der Waals surface area (Å²) in [5.74, 6) is -0.964. The smallest absolute Gasteiger partial charge is 0.337 e. The molecule has 0 aromatic heterocycles. The molecular formula is C16H17N3O2. The fourth-order valence-electron chi connectivity index (χ4n) is 2.72. The highest BCUT2D eigenvalue weighted by molar-refractivity contribution is 5.97. The van der Waals surface area contributed by atoms with Crippen LogP contribution >= 0.6 is 0 Å². The second-order valence-electron chi connectivity index (χ2n) is 5.14. The summed E-state index contributed by atoms with van der Waals surface area (Å²) in [6, 6.07) is 13.0. The summed E-state index contributed by atoms with van der Waals surface area (Å²) in [6.07, 6.45) is 0. The van der Waals surface area contributed by atoms with Crippen LogP contribution in [0.15, 0.2) is 42.5 Å². The summed E-state index contributed by atoms with van der Waals surface area (Å²) in [5.41, 5.74) is 9.19. The number of nitrogens with two attached hydrogens (primary N) is 1. The topological polar surface area (TPSA) is 69.8 Å². The lowest BCUT2D eigenvalue weighted by Gasteiger charge is -2.37. The number of nitrogen functional groups attached to an aromatic ring is 1. The molecule has 3 N–H and O–H groups in total. The number of carboxylic acid groups (broad SMARTS) is 1. The Morgan fingerprint density at radius 1 is 1.10 bits per heavy atom. The van der Waals surface area contributed by atoms with Crippen LogP contribution in [0.25, 0.3) is 0 Å². The SMILES string of the molecule is CN1CCN(c2ccc(N)cc2C(=O)O)c2ccccc21. The summed E-state index contributed by atoms with van der Waals surface area (Å²) in [5, 5.41) is 9.43. The van der Waals surface area contributed by atoms with Gasteiger partial charge in [-0.25, -0.2) is 4.79 Å². The molecular weight excluding hydrogens is 266 g/mol. The van der Waals surface area contributed by atoms with Crippen molar-refractivity contribution in [3.05, 3.63) is 48.0 Å². The first kappa shape index (κ1) is 13.3. The molecule has 5 heteroatoms. The predicted molar refractivity (Wildman–Crippen MR) is 84.5 cm³/mol. The van der Waals surface area contributed by atoms with Crippen LogP contribution < -0.4 is 15.5 Å². The molecule has 3 rings (SSSR count). The maximum atomic E-state index is 11.5. The Hall–Kier alpha value is -2.69. The zero-order valence-corrected chi connectivity index (χ0v) is 11.8. The van der Waals surface area contributed by atoms with Gasteiger partial charge < -0.3 is 20.6 Å². The molecule has 0 atom stereocenters. The van der Waals surface area contributed by atoms with E-state index in [1.807, 2.05) is 36.2 Å². The van der Waals surface area contributed by atoms with E-state index in [2.05, 4.69) is 4.90 Å². The van der Waals surface area contributed by atoms with Crippen molar-refractivity contribution < 1.29 is 9.90 Å². The van der Waals surface area contributed by atoms with Gasteiger partial charge in [-0.1, -0.05) is 12.1 Å². The number of carboxylic acids is 1. The average molecular weight is 283 g/mol. The second-order valence-corrected chi connectivity index (χ2v) is 5.14. The molecule has 0 aliphatic carbocycles. The van der Waals surface area contributed by atoms with Crippen molar-refractivity contribution in [1.82, 2.24) is 0 Å². The van der Waals surface area contributed by atoms with Crippen LogP contribution in [-0.2, 0) is 0 Å². The summed E-state index contributed by atoms with van der Waals surface area (Å²) in [7, 11) is 2.04. The fraction of sp³-hybridized carbons (Fsp3) is 0.188. The summed E-state index contributed by atoms with van der Waals surface area (Å²) in [4.78, 5) is 15.7. The number of rotatable bonds is 2. The van der Waals surface area contributed by atoms with Crippen molar-refractivity contribution in [1.29, 1.82) is 0 Å². The Labute approximate surface area is 123 Å². The lowest BCUT2D eigenvalue weighted by molar-refractivity contribution is 0.0697. The molecule has 0 unspecified atom stereocenters. The minimum Gasteiger partial charge on any atom is -0.478 e. The third kappa shape index (κ3) is 2.27. The molecule has 0 bridgehead atoms. The predicted octanol–water partition coefficient (Wildman–Crippen LogP) is 2.55. The van der Waals surface area contributed by atoms with E-state index < -0.39 is 5.97 Å². The van der Waals surface area contributed by atoms with E-state index in [4.69, 9.17) is 5.73 Å². The number of hydrogen-bond acceptors (Lipinski definition) is 4. The van der Waals surface area contributed by atoms with E-state index in [0.29, 0.717) is 11.4 Å². The van der Waals surface area contributed by atoms with Crippen LogP contribution in [0, 0.1) is 0 Å². The number of likely N-dealkylation sites (N-methyl/N-ethyl adjacent to an activating group) is 1. The number of carbonyl (C=O) groups is 1. The zero-order valence-electron chi connectivity index (χ0n) is 11.8. The highest BCUT2D eigenvalue weighted by Crippen LogP contribution is 2.38. The average Bonchev–Trinajstić information content (AvgIpc) is 2.48. The van der Waals surface area contributed by atoms with Crippen LogP contribution in [0.2, 0.25) is 0 Å². The van der Waals surface area contributed by atoms with Gasteiger partial charge in [0.2, 0.25) is 0 Å². The van der Waals surface area contributed by atoms with Gasteiger partial charge in [-0.15, -0.1) is 0 Å². The molecule has 5 nitrogen and oxygen atoms in total. The van der Waals surface area contributed by atoms with Gasteiger partial charge in [-0.05, 0) is 30.3 Å². The summed E-state index contributed by atoms with van der Waals surface area (Å²) >= 11 is 0. The molecule has 1 aliphatic rings. The maximum Gasteiger partial charge on any atom is 0.337 e. The molecule has 1 heterocycles. The Kier molecular flexibility index (Phi) is 3.17. The normalized spacial score (nSPS) is 14.0. The highest BCUT2D eigenvalue weighted by atomic mass is 16.4. The first-order valence-electron chi connectivity index (χ1n) is 6.78. The van der Waals surface area contributed by atoms with Crippen molar-refractivity contribution >= 4 is 28.7 Å². The van der Waals surface area contributed by atoms with Gasteiger partial charge in [0.05, 0.1) is 22.6 Å². The Balaban J connectivity index is 2.14. The molecule has 108 valence electrons. The minimum absolute atomic E-state index is 0.231. The molecule has 2 aromatic carbocycles. The van der Waals surface area contributed by atoms with Gasteiger partial charge in [0, 0.05) is 25.8 Å². The first-order chi connectivity index (χ1) is 10.1. The van der Waals surface area contributed by atoms with Crippen molar-refractivity contribution in [2.75, 3.05) is 35.7 Å². The highest BCUT2D eigenvalue weighted by Gasteiger charge is 2.24. The largest absolute Gasteiger partial charge is 0.478 e. The van der Waals surface area contributed by atoms with E-state index in [-0.39, 0.29) is 5.56 Å². The molecule has 0 saturated carbocycles. The number of para-hydroxylation sites is 2. The number of nitrogens with zero attached hydrogens (tertiary/aromatic N) is 2. The number of hydrogen-bond donors (Lipinski definition) is 2. The monoisotopic (exact) mass is 283 g/mol. The lowest BCUT2D eigenvalue weighted by Crippen LogP contribution is -2.37. The number of anilines is 4. The molecule has 0 spiro atoms. The van der Waals surface area contributed by atoms with Gasteiger partial charge in [0.25, 0.3) is 0 Å². The molecule has 2 aromatic rings. The van der Waals surface area contributed by atoms with E-state index in [0.717, 1.165) is 24.5 Å². The van der Waals surface area contributed by atoms with Gasteiger partial charge in [-0.2, -0.15) is 0 Å². The van der Waals surface area contributed by atoms with Gasteiger partial charge in [0.1, 0.15) is 0 Å². The standard InChI is InChI=1S/C16H17N3O2/c1-18-8-9-19(15-5-3-2-4-14(15)18)13-7-6-11(17)10-12(13)16(20)21/h2-7,10H,8-9,17H2,1H3,(H,20,21). The van der Waals surface area contributed by atoms with Crippen molar-refractivity contribution in [3.8, 4) is 0 Å². The van der Waals surface area contributed by atoms with E-state index >= 15 is 0 Å². The zero-order chi connectivity index (χ0) is 15.0. The van der Waals surface area contributed by atoms with E-state index in [9.17, 15) is 9.90 Å². The summed E-state index contributed by atoms with van der Waals surface area (Å²) < 4.78 is 0. The molecule has 0 saturated heterocycles. The second kappa shape index (κ2) is 5.01. The Bertz CT molecular complexity index is 700.